The number of allylic oxidation sites excluding steroid dienone is 1. The lowest BCUT2D eigenvalue weighted by atomic mass is 9.79. The van der Waals surface area contributed by atoms with E-state index in [-0.39, 0.29) is 24.7 Å². The van der Waals surface area contributed by atoms with E-state index >= 15 is 0 Å². The third-order valence-electron chi connectivity index (χ3n) is 8.50. The Morgan fingerprint density at radius 2 is 1.93 bits per heavy atom. The fourth-order valence-electron chi connectivity index (χ4n) is 6.44. The molecule has 3 aromatic carbocycles. The molecule has 0 bridgehead atoms. The molecule has 4 aliphatic rings. The first-order valence-corrected chi connectivity index (χ1v) is 14.8. The van der Waals surface area contributed by atoms with Gasteiger partial charge in [0, 0.05) is 17.5 Å². The number of aryl methyl sites for hydroxylation is 1. The second kappa shape index (κ2) is 12.2. The summed E-state index contributed by atoms with van der Waals surface area (Å²) in [5, 5.41) is 9.13. The molecule has 3 aromatic rings. The van der Waals surface area contributed by atoms with Crippen LogP contribution >= 0.6 is 0 Å². The van der Waals surface area contributed by atoms with E-state index in [1.165, 1.54) is 27.8 Å². The number of fused-ring (bicyclic) bond motifs is 3. The van der Waals surface area contributed by atoms with Crippen molar-refractivity contribution in [3.63, 3.8) is 0 Å². The van der Waals surface area contributed by atoms with Crippen LogP contribution in [-0.2, 0) is 33.7 Å². The summed E-state index contributed by atoms with van der Waals surface area (Å²) in [7, 11) is 0. The van der Waals surface area contributed by atoms with Crippen LogP contribution in [0.1, 0.15) is 53.5 Å². The highest BCUT2D eigenvalue weighted by Crippen LogP contribution is 2.44. The van der Waals surface area contributed by atoms with Gasteiger partial charge in [0.15, 0.2) is 6.29 Å². The zero-order chi connectivity index (χ0) is 29.2. The molecule has 4 atom stereocenters. The van der Waals surface area contributed by atoms with E-state index in [0.717, 1.165) is 42.7 Å². The summed E-state index contributed by atoms with van der Waals surface area (Å²) in [6.45, 7) is 9.58. The fourth-order valence-corrected chi connectivity index (χ4v) is 6.44. The largest absolute Gasteiger partial charge is 0.492 e. The van der Waals surface area contributed by atoms with Gasteiger partial charge in [-0.1, -0.05) is 30.3 Å². The van der Waals surface area contributed by atoms with Crippen molar-refractivity contribution in [3.8, 4) is 28.4 Å². The van der Waals surface area contributed by atoms with Crippen LogP contribution in [0, 0.1) is 12.8 Å². The molecule has 0 spiro atoms. The quantitative estimate of drug-likeness (QED) is 0.305. The molecule has 2 fully saturated rings. The van der Waals surface area contributed by atoms with E-state index in [1.807, 2.05) is 25.1 Å². The highest BCUT2D eigenvalue weighted by atomic mass is 16.7. The van der Waals surface area contributed by atoms with Gasteiger partial charge in [-0.15, -0.1) is 6.58 Å². The minimum atomic E-state index is -0.815. The number of carboxylic acids is 1. The number of rotatable bonds is 8. The molecule has 0 amide bonds. The van der Waals surface area contributed by atoms with Crippen molar-refractivity contribution in [2.45, 2.75) is 64.4 Å². The molecule has 1 N–H and O–H groups in total. The van der Waals surface area contributed by atoms with E-state index in [9.17, 15) is 4.79 Å². The highest BCUT2D eigenvalue weighted by molar-refractivity contribution is 5.76. The van der Waals surface area contributed by atoms with Gasteiger partial charge < -0.3 is 28.8 Å². The Balaban J connectivity index is 0.00000101. The molecule has 7 nitrogen and oxygen atoms in total. The summed E-state index contributed by atoms with van der Waals surface area (Å²) in [6, 6.07) is 16.4. The maximum absolute atomic E-state index is 11.1. The van der Waals surface area contributed by atoms with E-state index in [4.69, 9.17) is 28.8 Å². The van der Waals surface area contributed by atoms with Gasteiger partial charge in [0.05, 0.1) is 32.2 Å². The van der Waals surface area contributed by atoms with Crippen molar-refractivity contribution < 1.29 is 33.6 Å². The Hall–Kier alpha value is -3.81. The van der Waals surface area contributed by atoms with E-state index in [0.29, 0.717) is 37.2 Å². The van der Waals surface area contributed by atoms with Crippen molar-refractivity contribution in [1.29, 1.82) is 0 Å². The van der Waals surface area contributed by atoms with Gasteiger partial charge in [-0.3, -0.25) is 4.79 Å². The first kappa shape index (κ1) is 28.3. The third-order valence-corrected chi connectivity index (χ3v) is 8.50. The predicted molar refractivity (Wildman–Crippen MR) is 159 cm³/mol. The number of aliphatic carboxylic acids is 1. The molecule has 7 rings (SSSR count). The van der Waals surface area contributed by atoms with Crippen LogP contribution in [0.3, 0.4) is 0 Å². The minimum Gasteiger partial charge on any atom is -0.492 e. The molecular formula is C35H38O7. The van der Waals surface area contributed by atoms with Gasteiger partial charge in [-0.2, -0.15) is 0 Å². The lowest BCUT2D eigenvalue weighted by Crippen LogP contribution is -2.27. The lowest BCUT2D eigenvalue weighted by molar-refractivity contribution is -0.137. The van der Waals surface area contributed by atoms with Crippen molar-refractivity contribution in [3.05, 3.63) is 89.0 Å². The normalized spacial score (nSPS) is 22.9. The predicted octanol–water partition coefficient (Wildman–Crippen LogP) is 6.62. The van der Waals surface area contributed by atoms with Gasteiger partial charge in [-0.05, 0) is 84.7 Å². The molecule has 0 radical (unpaired) electrons. The van der Waals surface area contributed by atoms with E-state index < -0.39 is 5.97 Å². The number of carboxylic acid groups (broad SMARTS) is 1. The van der Waals surface area contributed by atoms with Crippen LogP contribution in [-0.4, -0.2) is 43.3 Å². The fraction of sp³-hybridized carbons (Fsp3) is 0.400. The maximum Gasteiger partial charge on any atom is 0.304 e. The molecule has 4 unspecified atom stereocenters. The van der Waals surface area contributed by atoms with Crippen LogP contribution in [0.4, 0.5) is 0 Å². The summed E-state index contributed by atoms with van der Waals surface area (Å²) < 4.78 is 29.8. The van der Waals surface area contributed by atoms with Crippen molar-refractivity contribution in [2.24, 2.45) is 5.92 Å². The number of ether oxygens (including phenoxy) is 5. The zero-order valence-corrected chi connectivity index (χ0v) is 24.3. The summed E-state index contributed by atoms with van der Waals surface area (Å²) in [5.74, 6) is 1.82. The second-order valence-corrected chi connectivity index (χ2v) is 11.4. The van der Waals surface area contributed by atoms with Gasteiger partial charge in [-0.25, -0.2) is 0 Å². The molecule has 7 heteroatoms. The smallest absolute Gasteiger partial charge is 0.304 e. The monoisotopic (exact) mass is 570 g/mol. The number of benzene rings is 3. The standard InChI is InChI=1S/C32H32O7.C3H6/c1-18-11-28(39-29-17-38-32-26(29)9-10-35-32)24-7-8-25(24)31(18)20-4-2-3-19(12-20)15-36-22-5-6-23-21(13-30(33)34)16-37-27(23)14-22;1-3-2/h2-6,11-12,14,21,26,29,32H,7-10,13,15-17H2,1H3,(H,33,34);3H,1H2,2H3. The van der Waals surface area contributed by atoms with Gasteiger partial charge in [0.25, 0.3) is 0 Å². The van der Waals surface area contributed by atoms with Crippen LogP contribution in [0.2, 0.25) is 0 Å². The van der Waals surface area contributed by atoms with Gasteiger partial charge in [0.1, 0.15) is 30.0 Å². The SMILES string of the molecule is C=CC.Cc1cc(OC2COC3OCCC23)c2c(c1-c1cccc(COc3ccc4c(c3)OCC4CC(=O)O)c1)CC2. The van der Waals surface area contributed by atoms with E-state index in [1.54, 1.807) is 6.08 Å². The Morgan fingerprint density at radius 3 is 2.71 bits per heavy atom. The van der Waals surface area contributed by atoms with Crippen LogP contribution in [0.15, 0.2) is 61.2 Å². The lowest BCUT2D eigenvalue weighted by Gasteiger charge is -2.30. The average Bonchev–Trinajstić information content (AvgIpc) is 3.67. The van der Waals surface area contributed by atoms with Crippen LogP contribution in [0.25, 0.3) is 11.1 Å². The number of hydrogen-bond acceptors (Lipinski definition) is 6. The minimum absolute atomic E-state index is 0.0561. The molecule has 3 aliphatic heterocycles. The molecule has 220 valence electrons. The molecule has 42 heavy (non-hydrogen) atoms. The molecule has 3 heterocycles. The molecule has 1 aliphatic carbocycles. The van der Waals surface area contributed by atoms with Crippen molar-refractivity contribution in [1.82, 2.24) is 0 Å². The highest BCUT2D eigenvalue weighted by Gasteiger charge is 2.43. The van der Waals surface area contributed by atoms with Gasteiger partial charge in [0.2, 0.25) is 0 Å². The Kier molecular flexibility index (Phi) is 8.22. The summed E-state index contributed by atoms with van der Waals surface area (Å²) in [5.41, 5.74) is 8.42. The second-order valence-electron chi connectivity index (χ2n) is 11.4. The Labute approximate surface area is 247 Å². The first-order chi connectivity index (χ1) is 20.4. The average molecular weight is 571 g/mol. The van der Waals surface area contributed by atoms with E-state index in [2.05, 4.69) is 43.8 Å². The molecule has 0 saturated carbocycles. The third kappa shape index (κ3) is 5.63. The maximum atomic E-state index is 11.1. The van der Waals surface area contributed by atoms with Crippen molar-refractivity contribution >= 4 is 5.97 Å². The Bertz CT molecular complexity index is 1480. The van der Waals surface area contributed by atoms with Gasteiger partial charge >= 0.3 is 5.97 Å². The molecular weight excluding hydrogens is 532 g/mol. The zero-order valence-electron chi connectivity index (χ0n) is 24.3. The summed E-state index contributed by atoms with van der Waals surface area (Å²) in [4.78, 5) is 11.1. The summed E-state index contributed by atoms with van der Waals surface area (Å²) >= 11 is 0. The van der Waals surface area contributed by atoms with Crippen LogP contribution in [0.5, 0.6) is 17.2 Å². The Morgan fingerprint density at radius 1 is 1.10 bits per heavy atom. The molecule has 0 aromatic heterocycles. The van der Waals surface area contributed by atoms with Crippen LogP contribution < -0.4 is 14.2 Å². The van der Waals surface area contributed by atoms with Crippen molar-refractivity contribution in [2.75, 3.05) is 19.8 Å². The molecule has 2 saturated heterocycles. The number of carbonyl (C=O) groups is 1. The topological polar surface area (TPSA) is 83.5 Å². The summed E-state index contributed by atoms with van der Waals surface area (Å²) in [6.07, 6.45) is 4.85. The first-order valence-electron chi connectivity index (χ1n) is 14.8. The number of hydrogen-bond donors (Lipinski definition) is 1.